The average molecular weight is 754 g/mol. The fourth-order valence-corrected chi connectivity index (χ4v) is 8.55. The molecule has 3 aromatic heterocycles. The molecule has 5 aromatic rings. The van der Waals surface area contributed by atoms with Gasteiger partial charge in [-0.05, 0) is 82.7 Å². The van der Waals surface area contributed by atoms with Crippen LogP contribution >= 0.6 is 22.9 Å². The van der Waals surface area contributed by atoms with Crippen LogP contribution in [0.1, 0.15) is 95.2 Å². The predicted octanol–water partition coefficient (Wildman–Crippen LogP) is 6.18. The minimum atomic E-state index is -0.777. The summed E-state index contributed by atoms with van der Waals surface area (Å²) < 4.78 is 9.38. The lowest BCUT2D eigenvalue weighted by atomic mass is 9.99. The van der Waals surface area contributed by atoms with Gasteiger partial charge in [0.05, 0.1) is 16.6 Å². The molecule has 274 valence electrons. The largest absolute Gasteiger partial charge is 0.381 e. The maximum Gasteiger partial charge on any atom is 0.262 e. The van der Waals surface area contributed by atoms with Crippen LogP contribution in [-0.4, -0.2) is 60.8 Å². The number of carbonyl (C=O) groups is 3. The molecule has 2 aromatic carbocycles. The van der Waals surface area contributed by atoms with E-state index in [9.17, 15) is 19.2 Å². The van der Waals surface area contributed by atoms with Crippen LogP contribution in [0.25, 0.3) is 15.9 Å². The molecule has 2 amide bonds. The lowest BCUT2D eigenvalue weighted by Crippen LogP contribution is -2.45. The molecular weight excluding hydrogens is 714 g/mol. The number of hydrogen-bond donors (Lipinski definition) is 1. The number of aromatic nitrogens is 5. The molecule has 0 spiro atoms. The van der Waals surface area contributed by atoms with Crippen molar-refractivity contribution in [3.8, 4) is 5.00 Å². The molecule has 2 atom stereocenters. The molecule has 0 radical (unpaired) electrons. The Morgan fingerprint density at radius 3 is 2.55 bits per heavy atom. The molecule has 0 saturated carbocycles. The predicted molar refractivity (Wildman–Crippen MR) is 203 cm³/mol. The third-order valence-electron chi connectivity index (χ3n) is 9.97. The van der Waals surface area contributed by atoms with Crippen LogP contribution in [-0.2, 0) is 25.5 Å². The smallest absolute Gasteiger partial charge is 0.262 e. The SMILES string of the molecule is Cc1sc2c(c1C)C(c1ccc(Cl)cc1)=N[C@@H](CC(=O)CCCOCCCc1cccc3nc(C)n(C4CCC(=O)NC4=O)c(=O)c13)c1nnc(C)n1-2. The Labute approximate surface area is 315 Å². The summed E-state index contributed by atoms with van der Waals surface area (Å²) in [4.78, 5) is 62.4. The third kappa shape index (κ3) is 7.25. The lowest BCUT2D eigenvalue weighted by molar-refractivity contribution is -0.135. The average Bonchev–Trinajstić information content (AvgIpc) is 3.60. The zero-order valence-electron chi connectivity index (χ0n) is 30.1. The van der Waals surface area contributed by atoms with Crippen molar-refractivity contribution in [2.24, 2.45) is 4.99 Å². The van der Waals surface area contributed by atoms with Crippen molar-refractivity contribution >= 4 is 57.1 Å². The van der Waals surface area contributed by atoms with Crippen molar-refractivity contribution in [3.63, 3.8) is 0 Å². The molecular formula is C39H40ClN7O5S. The minimum absolute atomic E-state index is 0.0639. The molecule has 1 unspecified atom stereocenters. The van der Waals surface area contributed by atoms with Gasteiger partial charge in [-0.3, -0.25) is 38.6 Å². The highest BCUT2D eigenvalue weighted by atomic mass is 35.5. The quantitative estimate of drug-likeness (QED) is 0.117. The number of rotatable bonds is 12. The van der Waals surface area contributed by atoms with Crippen molar-refractivity contribution in [3.05, 3.63) is 102 Å². The summed E-state index contributed by atoms with van der Waals surface area (Å²) in [6, 6.07) is 11.9. The first kappa shape index (κ1) is 36.5. The number of amides is 2. The van der Waals surface area contributed by atoms with Crippen molar-refractivity contribution < 1.29 is 19.1 Å². The second-order valence-corrected chi connectivity index (χ2v) is 15.2. The standard InChI is InChI=1S/C39H40ClN7O5S/c1-21-22(2)53-39-33(21)35(26-12-14-27(40)15-13-26)42-30(36-45-44-24(4)47(36)39)20-28(48)10-7-19-52-18-6-9-25-8-5-11-29-34(25)38(51)46(23(3)41-29)31-16-17-32(49)43-37(31)50/h5,8,11-15,30-31H,6-7,9-10,16-20H2,1-4H3,(H,43,49,50)/t30-,31?/m0/s1. The summed E-state index contributed by atoms with van der Waals surface area (Å²) in [5.41, 5.74) is 5.01. The van der Waals surface area contributed by atoms with Crippen LogP contribution in [0, 0.1) is 27.7 Å². The normalized spacial score (nSPS) is 17.0. The molecule has 14 heteroatoms. The molecule has 12 nitrogen and oxygen atoms in total. The van der Waals surface area contributed by atoms with E-state index in [2.05, 4.69) is 34.3 Å². The minimum Gasteiger partial charge on any atom is -0.381 e. The summed E-state index contributed by atoms with van der Waals surface area (Å²) >= 11 is 7.90. The van der Waals surface area contributed by atoms with Crippen LogP contribution in [0.2, 0.25) is 5.02 Å². The van der Waals surface area contributed by atoms with Gasteiger partial charge in [0.15, 0.2) is 5.82 Å². The van der Waals surface area contributed by atoms with Crippen molar-refractivity contribution in [2.75, 3.05) is 13.2 Å². The maximum atomic E-state index is 13.7. The number of ketones is 1. The van der Waals surface area contributed by atoms with Gasteiger partial charge in [-0.2, -0.15) is 0 Å². The zero-order chi connectivity index (χ0) is 37.4. The maximum absolute atomic E-state index is 13.7. The number of imide groups is 1. The molecule has 7 rings (SSSR count). The second-order valence-electron chi connectivity index (χ2n) is 13.6. The van der Waals surface area contributed by atoms with Gasteiger partial charge >= 0.3 is 0 Å². The van der Waals surface area contributed by atoms with Gasteiger partial charge in [-0.15, -0.1) is 21.5 Å². The number of ether oxygens (including phenoxy) is 1. The van der Waals surface area contributed by atoms with E-state index in [0.29, 0.717) is 66.5 Å². The highest BCUT2D eigenvalue weighted by Crippen LogP contribution is 2.39. The van der Waals surface area contributed by atoms with Crippen LogP contribution in [0.3, 0.4) is 0 Å². The molecule has 0 aliphatic carbocycles. The number of fused-ring (bicyclic) bond motifs is 4. The molecule has 5 heterocycles. The molecule has 1 saturated heterocycles. The number of piperidine rings is 1. The fourth-order valence-electron chi connectivity index (χ4n) is 7.21. The number of aliphatic imine (C=N–C) groups is 1. The number of hydrogen-bond acceptors (Lipinski definition) is 10. The molecule has 0 bridgehead atoms. The highest BCUT2D eigenvalue weighted by molar-refractivity contribution is 7.15. The Bertz CT molecular complexity index is 2340. The number of halogens is 1. The van der Waals surface area contributed by atoms with Crippen LogP contribution in [0.15, 0.2) is 52.3 Å². The van der Waals surface area contributed by atoms with E-state index in [4.69, 9.17) is 21.3 Å². The lowest BCUT2D eigenvalue weighted by Gasteiger charge is -2.24. The first-order chi connectivity index (χ1) is 25.5. The van der Waals surface area contributed by atoms with Crippen molar-refractivity contribution in [2.45, 2.75) is 84.7 Å². The summed E-state index contributed by atoms with van der Waals surface area (Å²) in [6.07, 6.45) is 2.74. The van der Waals surface area contributed by atoms with E-state index in [-0.39, 0.29) is 36.5 Å². The summed E-state index contributed by atoms with van der Waals surface area (Å²) in [6.45, 7) is 8.68. The van der Waals surface area contributed by atoms with E-state index < -0.39 is 18.0 Å². The van der Waals surface area contributed by atoms with Gasteiger partial charge in [0.25, 0.3) is 5.56 Å². The molecule has 1 fully saturated rings. The Hall–Kier alpha value is -4.85. The van der Waals surface area contributed by atoms with E-state index in [1.54, 1.807) is 24.3 Å². The second kappa shape index (κ2) is 15.2. The first-order valence-electron chi connectivity index (χ1n) is 17.8. The van der Waals surface area contributed by atoms with Gasteiger partial charge < -0.3 is 4.74 Å². The van der Waals surface area contributed by atoms with E-state index >= 15 is 0 Å². The van der Waals surface area contributed by atoms with E-state index in [0.717, 1.165) is 38.8 Å². The molecule has 2 aliphatic rings. The van der Waals surface area contributed by atoms with Crippen LogP contribution < -0.4 is 10.9 Å². The Kier molecular flexibility index (Phi) is 10.5. The molecule has 2 aliphatic heterocycles. The Balaban J connectivity index is 0.976. The van der Waals surface area contributed by atoms with Crippen molar-refractivity contribution in [1.29, 1.82) is 0 Å². The monoisotopic (exact) mass is 753 g/mol. The fraction of sp³-hybridized carbons (Fsp3) is 0.385. The van der Waals surface area contributed by atoms with Gasteiger partial charge in [0.1, 0.15) is 34.5 Å². The van der Waals surface area contributed by atoms with E-state index in [1.165, 1.54) is 9.44 Å². The van der Waals surface area contributed by atoms with Gasteiger partial charge in [0.2, 0.25) is 11.8 Å². The summed E-state index contributed by atoms with van der Waals surface area (Å²) in [5, 5.41) is 13.3. The number of nitrogens with one attached hydrogen (secondary N) is 1. The van der Waals surface area contributed by atoms with Crippen LogP contribution in [0.5, 0.6) is 0 Å². The van der Waals surface area contributed by atoms with Gasteiger partial charge in [-0.1, -0.05) is 35.9 Å². The number of Topliss-reactive ketones (excluding diaryl/α,β-unsaturated/α-hetero) is 1. The summed E-state index contributed by atoms with van der Waals surface area (Å²) in [5.74, 6) is 1.07. The summed E-state index contributed by atoms with van der Waals surface area (Å²) in [7, 11) is 0. The first-order valence-corrected chi connectivity index (χ1v) is 19.0. The topological polar surface area (TPSA) is 150 Å². The van der Waals surface area contributed by atoms with E-state index in [1.807, 2.05) is 47.9 Å². The highest BCUT2D eigenvalue weighted by Gasteiger charge is 2.33. The number of nitrogens with zero attached hydrogens (tertiary/aromatic N) is 6. The number of carbonyl (C=O) groups excluding carboxylic acids is 3. The number of aryl methyl sites for hydroxylation is 4. The molecule has 1 N–H and O–H groups in total. The van der Waals surface area contributed by atoms with Gasteiger partial charge in [0, 0.05) is 53.5 Å². The van der Waals surface area contributed by atoms with Crippen molar-refractivity contribution in [1.82, 2.24) is 29.6 Å². The number of thiophene rings is 1. The van der Waals surface area contributed by atoms with Gasteiger partial charge in [-0.25, -0.2) is 4.98 Å². The van der Waals surface area contributed by atoms with Crippen LogP contribution in [0.4, 0.5) is 0 Å². The Morgan fingerprint density at radius 2 is 1.77 bits per heavy atom. The zero-order valence-corrected chi connectivity index (χ0v) is 31.6. The number of benzene rings is 2. The molecule has 53 heavy (non-hydrogen) atoms. The third-order valence-corrected chi connectivity index (χ3v) is 11.4. The Morgan fingerprint density at radius 1 is 1.00 bits per heavy atom.